The van der Waals surface area contributed by atoms with Crippen LogP contribution in [0.2, 0.25) is 0 Å². The number of rotatable bonds is 14. The highest BCUT2D eigenvalue weighted by Crippen LogP contribution is 2.26. The van der Waals surface area contributed by atoms with Gasteiger partial charge in [0.1, 0.15) is 29.2 Å². The SMILES string of the molecule is CCOC(=O)c1csc(C(CC(C)C)NC(=O)C(CC(C)C)NC(=O)OCc2cccc(Oc3ccccc3)c2)n1. The Morgan fingerprint density at radius 3 is 2.27 bits per heavy atom. The Labute approximate surface area is 245 Å². The number of alkyl carbamates (subject to hydrolysis) is 1. The average Bonchev–Trinajstić information content (AvgIpc) is 3.42. The number of hydrogen-bond donors (Lipinski definition) is 2. The lowest BCUT2D eigenvalue weighted by Crippen LogP contribution is -2.48. The zero-order valence-electron chi connectivity index (χ0n) is 24.2. The lowest BCUT2D eigenvalue weighted by Gasteiger charge is -2.24. The standard InChI is InChI=1S/C31H39N3O6S/c1-6-38-30(36)27-19-41-29(33-27)26(16-21(4)5)32-28(35)25(15-20(2)3)34-31(37)39-18-22-11-10-14-24(17-22)40-23-12-8-7-9-13-23/h7-14,17,19-21,25-26H,6,15-16,18H2,1-5H3,(H,32,35)(H,34,37). The van der Waals surface area contributed by atoms with Crippen molar-refractivity contribution in [3.8, 4) is 11.5 Å². The number of ether oxygens (including phenoxy) is 3. The molecule has 2 amide bonds. The van der Waals surface area contributed by atoms with Gasteiger partial charge in [-0.3, -0.25) is 4.79 Å². The monoisotopic (exact) mass is 581 g/mol. The second-order valence-electron chi connectivity index (χ2n) is 10.4. The molecule has 0 aliphatic heterocycles. The Hall–Kier alpha value is -3.92. The second kappa shape index (κ2) is 15.8. The molecular weight excluding hydrogens is 542 g/mol. The van der Waals surface area contributed by atoms with Crippen molar-refractivity contribution in [3.05, 3.63) is 76.2 Å². The number of amides is 2. The van der Waals surface area contributed by atoms with Crippen molar-refractivity contribution in [2.24, 2.45) is 11.8 Å². The summed E-state index contributed by atoms with van der Waals surface area (Å²) in [4.78, 5) is 42.7. The maximum absolute atomic E-state index is 13.4. The van der Waals surface area contributed by atoms with Crippen molar-refractivity contribution in [2.75, 3.05) is 6.61 Å². The normalized spacial score (nSPS) is 12.5. The van der Waals surface area contributed by atoms with Crippen LogP contribution in [0.4, 0.5) is 4.79 Å². The highest BCUT2D eigenvalue weighted by atomic mass is 32.1. The Bertz CT molecular complexity index is 1280. The summed E-state index contributed by atoms with van der Waals surface area (Å²) < 4.78 is 16.4. The molecule has 0 aliphatic carbocycles. The first-order chi connectivity index (χ1) is 19.6. The van der Waals surface area contributed by atoms with Gasteiger partial charge in [-0.25, -0.2) is 14.6 Å². The molecule has 0 saturated heterocycles. The molecule has 0 aliphatic rings. The molecule has 3 rings (SSSR count). The van der Waals surface area contributed by atoms with E-state index in [-0.39, 0.29) is 36.7 Å². The molecule has 3 aromatic rings. The minimum Gasteiger partial charge on any atom is -0.461 e. The van der Waals surface area contributed by atoms with Crippen LogP contribution >= 0.6 is 11.3 Å². The third kappa shape index (κ3) is 10.5. The van der Waals surface area contributed by atoms with E-state index in [0.29, 0.717) is 29.3 Å². The topological polar surface area (TPSA) is 116 Å². The van der Waals surface area contributed by atoms with Crippen molar-refractivity contribution in [1.82, 2.24) is 15.6 Å². The summed E-state index contributed by atoms with van der Waals surface area (Å²) in [5, 5.41) is 8.00. The second-order valence-corrected chi connectivity index (χ2v) is 11.3. The average molecular weight is 582 g/mol. The molecule has 0 saturated carbocycles. The van der Waals surface area contributed by atoms with Crippen LogP contribution in [-0.4, -0.2) is 35.6 Å². The zero-order chi connectivity index (χ0) is 29.8. The molecule has 1 heterocycles. The summed E-state index contributed by atoms with van der Waals surface area (Å²) in [6.07, 6.45) is 0.336. The van der Waals surface area contributed by atoms with Crippen molar-refractivity contribution in [1.29, 1.82) is 0 Å². The smallest absolute Gasteiger partial charge is 0.408 e. The number of aromatic nitrogens is 1. The molecule has 0 bridgehead atoms. The first kappa shape index (κ1) is 31.6. The Kier molecular flexibility index (Phi) is 12.1. The lowest BCUT2D eigenvalue weighted by molar-refractivity contribution is -0.124. The van der Waals surface area contributed by atoms with Crippen molar-refractivity contribution < 1.29 is 28.6 Å². The van der Waals surface area contributed by atoms with Crippen molar-refractivity contribution >= 4 is 29.3 Å². The minimum absolute atomic E-state index is 0.0135. The molecular formula is C31H39N3O6S. The lowest BCUT2D eigenvalue weighted by atomic mass is 10.0. The maximum Gasteiger partial charge on any atom is 0.408 e. The summed E-state index contributed by atoms with van der Waals surface area (Å²) in [7, 11) is 0. The van der Waals surface area contributed by atoms with E-state index in [2.05, 4.69) is 15.6 Å². The first-order valence-electron chi connectivity index (χ1n) is 13.8. The third-order valence-electron chi connectivity index (χ3n) is 5.89. The number of esters is 1. The molecule has 0 spiro atoms. The van der Waals surface area contributed by atoms with E-state index >= 15 is 0 Å². The van der Waals surface area contributed by atoms with E-state index in [1.807, 2.05) is 76.2 Å². The van der Waals surface area contributed by atoms with E-state index in [1.165, 1.54) is 11.3 Å². The van der Waals surface area contributed by atoms with Gasteiger partial charge in [0.2, 0.25) is 5.91 Å². The largest absolute Gasteiger partial charge is 0.461 e. The number of thiazole rings is 1. The van der Waals surface area contributed by atoms with Crippen LogP contribution in [0.3, 0.4) is 0 Å². The summed E-state index contributed by atoms with van der Waals surface area (Å²) in [5.41, 5.74) is 0.963. The van der Waals surface area contributed by atoms with Gasteiger partial charge >= 0.3 is 12.1 Å². The number of para-hydroxylation sites is 1. The van der Waals surface area contributed by atoms with E-state index in [4.69, 9.17) is 14.2 Å². The molecule has 41 heavy (non-hydrogen) atoms. The van der Waals surface area contributed by atoms with Crippen LogP contribution in [0.25, 0.3) is 0 Å². The minimum atomic E-state index is -0.811. The summed E-state index contributed by atoms with van der Waals surface area (Å²) in [5.74, 6) is 0.877. The van der Waals surface area contributed by atoms with Gasteiger partial charge in [0.15, 0.2) is 5.69 Å². The maximum atomic E-state index is 13.4. The van der Waals surface area contributed by atoms with Crippen LogP contribution in [0, 0.1) is 11.8 Å². The Morgan fingerprint density at radius 2 is 1.59 bits per heavy atom. The molecule has 1 aromatic heterocycles. The van der Waals surface area contributed by atoms with Gasteiger partial charge < -0.3 is 24.8 Å². The predicted molar refractivity (Wildman–Crippen MR) is 158 cm³/mol. The number of nitrogens with zero attached hydrogens (tertiary/aromatic N) is 1. The first-order valence-corrected chi connectivity index (χ1v) is 14.7. The van der Waals surface area contributed by atoms with E-state index in [9.17, 15) is 14.4 Å². The highest BCUT2D eigenvalue weighted by Gasteiger charge is 2.28. The molecule has 9 nitrogen and oxygen atoms in total. The molecule has 220 valence electrons. The number of hydrogen-bond acceptors (Lipinski definition) is 8. The van der Waals surface area contributed by atoms with Crippen LogP contribution in [0.15, 0.2) is 60.0 Å². The molecule has 0 fully saturated rings. The Morgan fingerprint density at radius 1 is 0.878 bits per heavy atom. The van der Waals surface area contributed by atoms with Crippen LogP contribution in [-0.2, 0) is 20.9 Å². The van der Waals surface area contributed by atoms with Crippen LogP contribution in [0.1, 0.15) is 74.6 Å². The number of benzene rings is 2. The zero-order valence-corrected chi connectivity index (χ0v) is 25.0. The Balaban J connectivity index is 1.63. The molecule has 2 N–H and O–H groups in total. The van der Waals surface area contributed by atoms with E-state index < -0.39 is 24.1 Å². The van der Waals surface area contributed by atoms with Gasteiger partial charge in [0.25, 0.3) is 0 Å². The number of carbonyl (C=O) groups is 3. The van der Waals surface area contributed by atoms with Gasteiger partial charge in [-0.2, -0.15) is 0 Å². The molecule has 2 unspecified atom stereocenters. The number of carbonyl (C=O) groups excluding carboxylic acids is 3. The summed E-state index contributed by atoms with van der Waals surface area (Å²) in [6, 6.07) is 15.4. The molecule has 2 atom stereocenters. The van der Waals surface area contributed by atoms with E-state index in [0.717, 1.165) is 5.56 Å². The fraction of sp³-hybridized carbons (Fsp3) is 0.419. The molecule has 0 radical (unpaired) electrons. The van der Waals surface area contributed by atoms with Gasteiger partial charge in [-0.15, -0.1) is 11.3 Å². The summed E-state index contributed by atoms with van der Waals surface area (Å²) >= 11 is 1.29. The van der Waals surface area contributed by atoms with Gasteiger partial charge in [0.05, 0.1) is 12.6 Å². The van der Waals surface area contributed by atoms with Crippen molar-refractivity contribution in [2.45, 2.75) is 66.2 Å². The number of nitrogens with one attached hydrogen (secondary N) is 2. The molecule has 10 heteroatoms. The third-order valence-corrected chi connectivity index (χ3v) is 6.85. The fourth-order valence-corrected chi connectivity index (χ4v) is 4.92. The fourth-order valence-electron chi connectivity index (χ4n) is 4.07. The quantitative estimate of drug-likeness (QED) is 0.205. The van der Waals surface area contributed by atoms with Gasteiger partial charge in [0, 0.05) is 5.38 Å². The van der Waals surface area contributed by atoms with E-state index in [1.54, 1.807) is 18.4 Å². The molecule has 2 aromatic carbocycles. The van der Waals surface area contributed by atoms with Crippen LogP contribution < -0.4 is 15.4 Å². The summed E-state index contributed by atoms with van der Waals surface area (Å²) in [6.45, 7) is 10.0. The van der Waals surface area contributed by atoms with Gasteiger partial charge in [-0.1, -0.05) is 58.0 Å². The van der Waals surface area contributed by atoms with Crippen molar-refractivity contribution in [3.63, 3.8) is 0 Å². The van der Waals surface area contributed by atoms with Gasteiger partial charge in [-0.05, 0) is 61.4 Å². The highest BCUT2D eigenvalue weighted by molar-refractivity contribution is 7.09. The predicted octanol–water partition coefficient (Wildman–Crippen LogP) is 6.66. The van der Waals surface area contributed by atoms with Crippen LogP contribution in [0.5, 0.6) is 11.5 Å².